The lowest BCUT2D eigenvalue weighted by atomic mass is 10.0. The molecule has 5 heteroatoms. The molecule has 2 heterocycles. The summed E-state index contributed by atoms with van der Waals surface area (Å²) < 4.78 is 0. The van der Waals surface area contributed by atoms with Crippen molar-refractivity contribution in [3.05, 3.63) is 29.8 Å². The Bertz CT molecular complexity index is 572. The molecule has 1 N–H and O–H groups in total. The summed E-state index contributed by atoms with van der Waals surface area (Å²) in [7, 11) is 0. The van der Waals surface area contributed by atoms with Crippen molar-refractivity contribution in [2.75, 3.05) is 57.3 Å². The largest absolute Gasteiger partial charge is 0.369 e. The number of nitrogens with zero attached hydrogens (tertiary/aromatic N) is 3. The zero-order valence-electron chi connectivity index (χ0n) is 17.1. The van der Waals surface area contributed by atoms with Crippen molar-refractivity contribution >= 4 is 22.9 Å². The minimum absolute atomic E-state index is 0.693. The van der Waals surface area contributed by atoms with Crippen molar-refractivity contribution < 1.29 is 0 Å². The van der Waals surface area contributed by atoms with Gasteiger partial charge in [-0.1, -0.05) is 36.8 Å². The molecule has 27 heavy (non-hydrogen) atoms. The summed E-state index contributed by atoms with van der Waals surface area (Å²) in [4.78, 5) is 8.74. The van der Waals surface area contributed by atoms with Gasteiger partial charge in [0.25, 0.3) is 0 Å². The SMILES string of the molecule is CCNC1CCN(C(=S)CCCN2CCN(c3ccc(C)cc3)CC2)CC1. The molecule has 150 valence electrons. The average molecular weight is 389 g/mol. The van der Waals surface area contributed by atoms with Gasteiger partial charge in [0.15, 0.2) is 0 Å². The van der Waals surface area contributed by atoms with Crippen molar-refractivity contribution in [1.29, 1.82) is 0 Å². The smallest absolute Gasteiger partial charge is 0.0779 e. The summed E-state index contributed by atoms with van der Waals surface area (Å²) >= 11 is 5.72. The van der Waals surface area contributed by atoms with Gasteiger partial charge in [-0.05, 0) is 57.8 Å². The minimum atomic E-state index is 0.693. The van der Waals surface area contributed by atoms with Gasteiger partial charge in [0.05, 0.1) is 4.99 Å². The molecular weight excluding hydrogens is 352 g/mol. The molecule has 4 nitrogen and oxygen atoms in total. The van der Waals surface area contributed by atoms with Crippen LogP contribution in [0.15, 0.2) is 24.3 Å². The number of piperidine rings is 1. The maximum atomic E-state index is 5.72. The highest BCUT2D eigenvalue weighted by Gasteiger charge is 2.21. The fraction of sp³-hybridized carbons (Fsp3) is 0.682. The number of piperazine rings is 1. The number of hydrogen-bond acceptors (Lipinski definition) is 4. The zero-order chi connectivity index (χ0) is 19.1. The quantitative estimate of drug-likeness (QED) is 0.722. The molecule has 0 spiro atoms. The van der Waals surface area contributed by atoms with Gasteiger partial charge >= 0.3 is 0 Å². The highest BCUT2D eigenvalue weighted by Crippen LogP contribution is 2.18. The van der Waals surface area contributed by atoms with Crippen LogP contribution in [0.5, 0.6) is 0 Å². The third-order valence-electron chi connectivity index (χ3n) is 5.98. The number of nitrogens with one attached hydrogen (secondary N) is 1. The molecule has 2 aliphatic rings. The molecule has 0 radical (unpaired) electrons. The highest BCUT2D eigenvalue weighted by molar-refractivity contribution is 7.80. The second-order valence-corrected chi connectivity index (χ2v) is 8.45. The van der Waals surface area contributed by atoms with E-state index in [1.807, 2.05) is 0 Å². The standard InChI is InChI=1S/C22H36N4S/c1-3-23-20-10-13-26(14-11-20)22(27)5-4-12-24-15-17-25(18-16-24)21-8-6-19(2)7-9-21/h6-9,20,23H,3-5,10-18H2,1-2H3. The number of likely N-dealkylation sites (tertiary alicyclic amines) is 1. The number of anilines is 1. The van der Waals surface area contributed by atoms with Crippen LogP contribution in [0, 0.1) is 6.92 Å². The fourth-order valence-corrected chi connectivity index (χ4v) is 4.55. The Kier molecular flexibility index (Phi) is 7.92. The normalized spacial score (nSPS) is 19.5. The Morgan fingerprint density at radius 3 is 2.33 bits per heavy atom. The first-order valence-electron chi connectivity index (χ1n) is 10.7. The molecule has 0 saturated carbocycles. The number of aryl methyl sites for hydroxylation is 1. The molecule has 2 fully saturated rings. The average Bonchev–Trinajstić information content (AvgIpc) is 2.70. The Morgan fingerprint density at radius 1 is 1.04 bits per heavy atom. The van der Waals surface area contributed by atoms with Crippen molar-refractivity contribution in [2.24, 2.45) is 0 Å². The van der Waals surface area contributed by atoms with Crippen molar-refractivity contribution in [1.82, 2.24) is 15.1 Å². The second-order valence-electron chi connectivity index (χ2n) is 7.98. The van der Waals surface area contributed by atoms with Crippen LogP contribution in [0.1, 0.15) is 38.2 Å². The van der Waals surface area contributed by atoms with Gasteiger partial charge in [0.2, 0.25) is 0 Å². The molecule has 0 aliphatic carbocycles. The molecule has 3 rings (SSSR count). The third-order valence-corrected chi connectivity index (χ3v) is 6.44. The molecule has 0 unspecified atom stereocenters. The first kappa shape index (κ1) is 20.6. The monoisotopic (exact) mass is 388 g/mol. The molecule has 0 aromatic heterocycles. The van der Waals surface area contributed by atoms with E-state index < -0.39 is 0 Å². The Balaban J connectivity index is 1.31. The number of benzene rings is 1. The van der Waals surface area contributed by atoms with E-state index in [1.165, 1.54) is 42.0 Å². The summed E-state index contributed by atoms with van der Waals surface area (Å²) in [5, 5.41) is 3.57. The Labute approximate surface area is 170 Å². The molecule has 0 amide bonds. The van der Waals surface area contributed by atoms with Crippen LogP contribution in [0.2, 0.25) is 0 Å². The summed E-state index contributed by atoms with van der Waals surface area (Å²) in [5.74, 6) is 0. The molecule has 2 saturated heterocycles. The maximum absolute atomic E-state index is 5.72. The first-order chi connectivity index (χ1) is 13.2. The molecule has 0 atom stereocenters. The number of rotatable bonds is 7. The van der Waals surface area contributed by atoms with Crippen LogP contribution in [0.3, 0.4) is 0 Å². The van der Waals surface area contributed by atoms with Gasteiger partial charge in [0, 0.05) is 51.0 Å². The number of hydrogen-bond donors (Lipinski definition) is 1. The minimum Gasteiger partial charge on any atom is -0.369 e. The van der Waals surface area contributed by atoms with Crippen LogP contribution in [-0.2, 0) is 0 Å². The maximum Gasteiger partial charge on any atom is 0.0779 e. The van der Waals surface area contributed by atoms with Gasteiger partial charge in [-0.2, -0.15) is 0 Å². The van der Waals surface area contributed by atoms with E-state index in [4.69, 9.17) is 12.2 Å². The highest BCUT2D eigenvalue weighted by atomic mass is 32.1. The topological polar surface area (TPSA) is 21.8 Å². The molecule has 1 aromatic rings. The van der Waals surface area contributed by atoms with Crippen molar-refractivity contribution in [2.45, 2.75) is 45.6 Å². The predicted octanol–water partition coefficient (Wildman–Crippen LogP) is 3.30. The van der Waals surface area contributed by atoms with Crippen LogP contribution < -0.4 is 10.2 Å². The van der Waals surface area contributed by atoms with Crippen LogP contribution in [0.4, 0.5) is 5.69 Å². The van der Waals surface area contributed by atoms with Gasteiger partial charge < -0.3 is 15.1 Å². The molecule has 1 aromatic carbocycles. The van der Waals surface area contributed by atoms with Gasteiger partial charge in [0.1, 0.15) is 0 Å². The fourth-order valence-electron chi connectivity index (χ4n) is 4.22. The van der Waals surface area contributed by atoms with E-state index in [2.05, 4.69) is 58.1 Å². The van der Waals surface area contributed by atoms with E-state index in [0.717, 1.165) is 52.2 Å². The van der Waals surface area contributed by atoms with Gasteiger partial charge in [-0.15, -0.1) is 0 Å². The van der Waals surface area contributed by atoms with E-state index in [-0.39, 0.29) is 0 Å². The zero-order valence-corrected chi connectivity index (χ0v) is 17.9. The summed E-state index contributed by atoms with van der Waals surface area (Å²) in [6.07, 6.45) is 4.72. The lowest BCUT2D eigenvalue weighted by Gasteiger charge is -2.37. The summed E-state index contributed by atoms with van der Waals surface area (Å²) in [6.45, 7) is 13.4. The molecular formula is C22H36N4S. The third kappa shape index (κ3) is 6.16. The first-order valence-corrected chi connectivity index (χ1v) is 11.1. The van der Waals surface area contributed by atoms with Gasteiger partial charge in [-0.25, -0.2) is 0 Å². The summed E-state index contributed by atoms with van der Waals surface area (Å²) in [6, 6.07) is 9.62. The van der Waals surface area contributed by atoms with Crippen LogP contribution >= 0.6 is 12.2 Å². The van der Waals surface area contributed by atoms with Crippen LogP contribution in [-0.4, -0.2) is 73.2 Å². The lowest BCUT2D eigenvalue weighted by Crippen LogP contribution is -2.47. The van der Waals surface area contributed by atoms with Crippen molar-refractivity contribution in [3.63, 3.8) is 0 Å². The number of thiocarbonyl (C=S) groups is 1. The van der Waals surface area contributed by atoms with Crippen molar-refractivity contribution in [3.8, 4) is 0 Å². The molecule has 0 bridgehead atoms. The van der Waals surface area contributed by atoms with Crippen LogP contribution in [0.25, 0.3) is 0 Å². The van der Waals surface area contributed by atoms with E-state index in [0.29, 0.717) is 6.04 Å². The van der Waals surface area contributed by atoms with Gasteiger partial charge in [-0.3, -0.25) is 4.90 Å². The van der Waals surface area contributed by atoms with E-state index >= 15 is 0 Å². The Hall–Kier alpha value is -1.17. The summed E-state index contributed by atoms with van der Waals surface area (Å²) in [5.41, 5.74) is 2.70. The molecule has 2 aliphatic heterocycles. The Morgan fingerprint density at radius 2 is 1.70 bits per heavy atom. The van der Waals surface area contributed by atoms with E-state index in [9.17, 15) is 0 Å². The lowest BCUT2D eigenvalue weighted by molar-refractivity contribution is 0.253. The predicted molar refractivity (Wildman–Crippen MR) is 120 cm³/mol. The van der Waals surface area contributed by atoms with E-state index in [1.54, 1.807) is 0 Å². The second kappa shape index (κ2) is 10.4.